The van der Waals surface area contributed by atoms with E-state index in [1.165, 1.54) is 4.90 Å². The molecule has 0 aliphatic carbocycles. The second kappa shape index (κ2) is 11.4. The largest absolute Gasteiger partial charge is 0.493 e. The monoisotopic (exact) mass is 525 g/mol. The number of hydrogen-bond acceptors (Lipinski definition) is 6. The molecule has 1 saturated heterocycles. The lowest BCUT2D eigenvalue weighted by molar-refractivity contribution is -0.123. The molecule has 0 saturated carbocycles. The molecule has 4 aromatic rings. The van der Waals surface area contributed by atoms with Crippen molar-refractivity contribution in [3.05, 3.63) is 107 Å². The number of thioether (sulfide) groups is 1. The van der Waals surface area contributed by atoms with Crippen molar-refractivity contribution in [2.45, 2.75) is 13.5 Å². The summed E-state index contributed by atoms with van der Waals surface area (Å²) in [6.45, 7) is 2.70. The first-order valence-corrected chi connectivity index (χ1v) is 13.1. The van der Waals surface area contributed by atoms with Crippen molar-refractivity contribution in [2.75, 3.05) is 20.3 Å². The van der Waals surface area contributed by atoms with Gasteiger partial charge in [0.15, 0.2) is 11.5 Å². The Morgan fingerprint density at radius 1 is 0.868 bits per heavy atom. The van der Waals surface area contributed by atoms with Crippen LogP contribution in [0.15, 0.2) is 89.8 Å². The third-order valence-corrected chi connectivity index (χ3v) is 7.15. The molecule has 2 amide bonds. The minimum absolute atomic E-state index is 0.165. The van der Waals surface area contributed by atoms with Crippen LogP contribution in [-0.2, 0) is 11.4 Å². The third-order valence-electron chi connectivity index (χ3n) is 6.25. The summed E-state index contributed by atoms with van der Waals surface area (Å²) in [7, 11) is 1.58. The Bertz CT molecular complexity index is 1510. The lowest BCUT2D eigenvalue weighted by atomic mass is 10.1. The number of amides is 2. The van der Waals surface area contributed by atoms with Gasteiger partial charge in [-0.05, 0) is 59.3 Å². The van der Waals surface area contributed by atoms with Crippen molar-refractivity contribution < 1.29 is 23.8 Å². The minimum atomic E-state index is -0.352. The van der Waals surface area contributed by atoms with E-state index in [2.05, 4.69) is 18.2 Å². The van der Waals surface area contributed by atoms with Crippen LogP contribution in [0.4, 0.5) is 4.79 Å². The van der Waals surface area contributed by atoms with E-state index in [1.807, 2.05) is 73.7 Å². The normalized spacial score (nSPS) is 14.4. The smallest absolute Gasteiger partial charge is 0.293 e. The van der Waals surface area contributed by atoms with Crippen molar-refractivity contribution in [1.82, 2.24) is 4.90 Å². The van der Waals surface area contributed by atoms with Gasteiger partial charge in [0.2, 0.25) is 0 Å². The molecule has 0 N–H and O–H groups in total. The van der Waals surface area contributed by atoms with Gasteiger partial charge in [-0.1, -0.05) is 72.3 Å². The number of nitrogens with zero attached hydrogens (tertiary/aromatic N) is 1. The van der Waals surface area contributed by atoms with E-state index in [0.717, 1.165) is 33.7 Å². The van der Waals surface area contributed by atoms with Crippen LogP contribution < -0.4 is 14.2 Å². The highest BCUT2D eigenvalue weighted by Crippen LogP contribution is 2.38. The van der Waals surface area contributed by atoms with Gasteiger partial charge >= 0.3 is 0 Å². The number of hydrogen-bond donors (Lipinski definition) is 0. The molecule has 5 rings (SSSR count). The molecule has 1 heterocycles. The van der Waals surface area contributed by atoms with Gasteiger partial charge in [-0.25, -0.2) is 0 Å². The number of para-hydroxylation sites is 1. The van der Waals surface area contributed by atoms with E-state index in [1.54, 1.807) is 13.2 Å². The lowest BCUT2D eigenvalue weighted by Gasteiger charge is -2.15. The fourth-order valence-corrected chi connectivity index (χ4v) is 5.11. The maximum Gasteiger partial charge on any atom is 0.293 e. The van der Waals surface area contributed by atoms with Crippen molar-refractivity contribution >= 4 is 39.8 Å². The number of aryl methyl sites for hydroxylation is 1. The number of benzene rings is 4. The van der Waals surface area contributed by atoms with Crippen LogP contribution in [0.3, 0.4) is 0 Å². The highest BCUT2D eigenvalue weighted by molar-refractivity contribution is 8.18. The standard InChI is InChI=1S/C31H27NO5S/c1-21-13-15-25(16-14-21)36-18-17-32-30(33)28(38-31(32)34)19-23-9-6-12-27(35-2)29(23)37-20-24-10-5-8-22-7-3-4-11-26(22)24/h3-16,19H,17-18,20H2,1-2H3/b28-19-. The summed E-state index contributed by atoms with van der Waals surface area (Å²) in [6.07, 6.45) is 1.69. The van der Waals surface area contributed by atoms with E-state index in [0.29, 0.717) is 34.3 Å². The van der Waals surface area contributed by atoms with Gasteiger partial charge in [-0.3, -0.25) is 14.5 Å². The van der Waals surface area contributed by atoms with E-state index in [4.69, 9.17) is 14.2 Å². The second-order valence-corrected chi connectivity index (χ2v) is 9.79. The molecular weight excluding hydrogens is 498 g/mol. The first-order chi connectivity index (χ1) is 18.5. The molecule has 0 aromatic heterocycles. The Labute approximate surface area is 225 Å². The molecule has 192 valence electrons. The van der Waals surface area contributed by atoms with Crippen LogP contribution in [0, 0.1) is 6.92 Å². The average Bonchev–Trinajstić information content (AvgIpc) is 3.20. The second-order valence-electron chi connectivity index (χ2n) is 8.80. The number of rotatable bonds is 9. The Hall–Kier alpha value is -4.23. The molecule has 7 heteroatoms. The van der Waals surface area contributed by atoms with Crippen molar-refractivity contribution in [1.29, 1.82) is 0 Å². The van der Waals surface area contributed by atoms with Gasteiger partial charge in [0, 0.05) is 5.56 Å². The summed E-state index contributed by atoms with van der Waals surface area (Å²) < 4.78 is 17.5. The van der Waals surface area contributed by atoms with E-state index in [-0.39, 0.29) is 24.3 Å². The molecule has 0 unspecified atom stereocenters. The molecule has 1 fully saturated rings. The number of methoxy groups -OCH3 is 1. The Balaban J connectivity index is 1.33. The summed E-state index contributed by atoms with van der Waals surface area (Å²) in [5, 5.41) is 1.92. The molecule has 0 radical (unpaired) electrons. The maximum absolute atomic E-state index is 13.1. The van der Waals surface area contributed by atoms with Crippen LogP contribution in [-0.4, -0.2) is 36.3 Å². The van der Waals surface area contributed by atoms with Gasteiger partial charge in [0.05, 0.1) is 18.6 Å². The van der Waals surface area contributed by atoms with E-state index >= 15 is 0 Å². The molecule has 0 spiro atoms. The molecule has 1 aliphatic rings. The van der Waals surface area contributed by atoms with Gasteiger partial charge in [0.1, 0.15) is 19.0 Å². The van der Waals surface area contributed by atoms with Gasteiger partial charge in [-0.2, -0.15) is 0 Å². The lowest BCUT2D eigenvalue weighted by Crippen LogP contribution is -2.32. The molecular formula is C31H27NO5S. The molecule has 0 bridgehead atoms. The van der Waals surface area contributed by atoms with Crippen molar-refractivity contribution in [3.63, 3.8) is 0 Å². The first-order valence-electron chi connectivity index (χ1n) is 12.2. The van der Waals surface area contributed by atoms with Gasteiger partial charge in [-0.15, -0.1) is 0 Å². The molecule has 1 aliphatic heterocycles. The van der Waals surface area contributed by atoms with Gasteiger partial charge < -0.3 is 14.2 Å². The summed E-state index contributed by atoms with van der Waals surface area (Å²) >= 11 is 0.910. The molecule has 38 heavy (non-hydrogen) atoms. The fourth-order valence-electron chi connectivity index (χ4n) is 4.25. The highest BCUT2D eigenvalue weighted by Gasteiger charge is 2.35. The first kappa shape index (κ1) is 25.4. The fraction of sp³-hybridized carbons (Fsp3) is 0.161. The van der Waals surface area contributed by atoms with Crippen molar-refractivity contribution in [2.24, 2.45) is 0 Å². The van der Waals surface area contributed by atoms with Crippen molar-refractivity contribution in [3.8, 4) is 17.2 Å². The average molecular weight is 526 g/mol. The quantitative estimate of drug-likeness (QED) is 0.223. The summed E-state index contributed by atoms with van der Waals surface area (Å²) in [5.41, 5.74) is 2.83. The van der Waals surface area contributed by atoms with Crippen LogP contribution >= 0.6 is 11.8 Å². The predicted octanol–water partition coefficient (Wildman–Crippen LogP) is 6.85. The maximum atomic E-state index is 13.1. The van der Waals surface area contributed by atoms with Crippen LogP contribution in [0.25, 0.3) is 16.8 Å². The topological polar surface area (TPSA) is 65.1 Å². The number of carbonyl (C=O) groups is 2. The van der Waals surface area contributed by atoms with Gasteiger partial charge in [0.25, 0.3) is 11.1 Å². The summed E-state index contributed by atoms with van der Waals surface area (Å²) in [4.78, 5) is 27.3. The number of fused-ring (bicyclic) bond motifs is 1. The number of carbonyl (C=O) groups excluding carboxylic acids is 2. The number of ether oxygens (including phenoxy) is 3. The summed E-state index contributed by atoms with van der Waals surface area (Å²) in [5.74, 6) is 1.40. The Morgan fingerprint density at radius 2 is 1.63 bits per heavy atom. The zero-order valence-corrected chi connectivity index (χ0v) is 22.0. The molecule has 4 aromatic carbocycles. The van der Waals surface area contributed by atoms with Crippen LogP contribution in [0.2, 0.25) is 0 Å². The molecule has 6 nitrogen and oxygen atoms in total. The highest BCUT2D eigenvalue weighted by atomic mass is 32.2. The zero-order chi connectivity index (χ0) is 26.5. The summed E-state index contributed by atoms with van der Waals surface area (Å²) in [6, 6.07) is 27.4. The number of imide groups is 1. The van der Waals surface area contributed by atoms with E-state index in [9.17, 15) is 9.59 Å². The van der Waals surface area contributed by atoms with E-state index < -0.39 is 0 Å². The SMILES string of the molecule is COc1cccc(/C=C2\SC(=O)N(CCOc3ccc(C)cc3)C2=O)c1OCc1cccc2ccccc12. The predicted molar refractivity (Wildman–Crippen MR) is 151 cm³/mol. The Kier molecular flexibility index (Phi) is 7.65. The van der Waals surface area contributed by atoms with Crippen LogP contribution in [0.5, 0.6) is 17.2 Å². The third kappa shape index (κ3) is 5.53. The molecule has 0 atom stereocenters. The van der Waals surface area contributed by atoms with Crippen LogP contribution in [0.1, 0.15) is 16.7 Å². The minimum Gasteiger partial charge on any atom is -0.493 e. The Morgan fingerprint density at radius 3 is 2.45 bits per heavy atom. The zero-order valence-electron chi connectivity index (χ0n) is 21.2.